The molecule has 0 amide bonds. The Balaban J connectivity index is 1.60. The van der Waals surface area contributed by atoms with Gasteiger partial charge in [0.2, 0.25) is 5.13 Å². The number of anilines is 2. The largest absolute Gasteiger partial charge is 0.492 e. The molecule has 0 saturated carbocycles. The minimum absolute atomic E-state index is 0.0918. The molecule has 7 nitrogen and oxygen atoms in total. The predicted molar refractivity (Wildman–Crippen MR) is 103 cm³/mol. The van der Waals surface area contributed by atoms with Gasteiger partial charge >= 0.3 is 0 Å². The number of nitrogens with one attached hydrogen (secondary N) is 1. The van der Waals surface area contributed by atoms with Crippen molar-refractivity contribution in [2.45, 2.75) is 17.0 Å². The lowest BCUT2D eigenvalue weighted by molar-refractivity contribution is -0.384. The number of thioether (sulfide) groups is 1. The summed E-state index contributed by atoms with van der Waals surface area (Å²) < 4.78 is 6.41. The number of nitrogens with zero attached hydrogens (tertiary/aromatic N) is 3. The van der Waals surface area contributed by atoms with Crippen LogP contribution in [-0.2, 0) is 5.75 Å². The third kappa shape index (κ3) is 4.70. The first-order chi connectivity index (χ1) is 12.7. The molecule has 0 spiro atoms. The predicted octanol–water partition coefficient (Wildman–Crippen LogP) is 4.88. The average Bonchev–Trinajstić information content (AvgIpc) is 3.10. The van der Waals surface area contributed by atoms with Crippen LogP contribution in [0.2, 0.25) is 0 Å². The van der Waals surface area contributed by atoms with Crippen LogP contribution in [0.1, 0.15) is 12.5 Å². The molecule has 1 heterocycles. The van der Waals surface area contributed by atoms with Crippen molar-refractivity contribution < 1.29 is 9.66 Å². The molecule has 2 aromatic carbocycles. The molecule has 9 heteroatoms. The van der Waals surface area contributed by atoms with Gasteiger partial charge in [0.25, 0.3) is 5.69 Å². The lowest BCUT2D eigenvalue weighted by atomic mass is 10.2. The highest BCUT2D eigenvalue weighted by atomic mass is 32.2. The molecule has 3 rings (SSSR count). The maximum atomic E-state index is 10.7. The maximum Gasteiger partial charge on any atom is 0.269 e. The van der Waals surface area contributed by atoms with Crippen LogP contribution in [-0.4, -0.2) is 21.7 Å². The molecule has 134 valence electrons. The van der Waals surface area contributed by atoms with Crippen LogP contribution in [0.3, 0.4) is 0 Å². The summed E-state index contributed by atoms with van der Waals surface area (Å²) in [6.45, 7) is 2.53. The molecular formula is C17H16N4O3S2. The Morgan fingerprint density at radius 1 is 1.19 bits per heavy atom. The Bertz CT molecular complexity index is 884. The summed E-state index contributed by atoms with van der Waals surface area (Å²) in [5.41, 5.74) is 1.93. The van der Waals surface area contributed by atoms with Crippen molar-refractivity contribution in [3.05, 3.63) is 64.2 Å². The summed E-state index contributed by atoms with van der Waals surface area (Å²) in [7, 11) is 0. The van der Waals surface area contributed by atoms with Crippen LogP contribution >= 0.6 is 23.1 Å². The van der Waals surface area contributed by atoms with Crippen molar-refractivity contribution in [1.29, 1.82) is 0 Å². The molecule has 0 unspecified atom stereocenters. The third-order valence-corrected chi connectivity index (χ3v) is 5.39. The number of nitro groups is 1. The minimum Gasteiger partial charge on any atom is -0.492 e. The molecule has 3 aromatic rings. The van der Waals surface area contributed by atoms with Gasteiger partial charge in [-0.2, -0.15) is 0 Å². The Labute approximate surface area is 158 Å². The molecule has 0 aliphatic rings. The minimum atomic E-state index is -0.403. The number of hydrogen-bond donors (Lipinski definition) is 1. The van der Waals surface area contributed by atoms with Crippen molar-refractivity contribution in [2.75, 3.05) is 11.9 Å². The molecule has 0 saturated heterocycles. The fourth-order valence-corrected chi connectivity index (χ4v) is 3.86. The quantitative estimate of drug-likeness (QED) is 0.334. The summed E-state index contributed by atoms with van der Waals surface area (Å²) in [5, 5.41) is 22.9. The van der Waals surface area contributed by atoms with E-state index in [1.165, 1.54) is 35.2 Å². The van der Waals surface area contributed by atoms with Gasteiger partial charge in [0.15, 0.2) is 4.34 Å². The highest BCUT2D eigenvalue weighted by molar-refractivity contribution is 8.00. The van der Waals surface area contributed by atoms with E-state index < -0.39 is 4.92 Å². The highest BCUT2D eigenvalue weighted by Crippen LogP contribution is 2.32. The Kier molecular flexibility index (Phi) is 6.03. The van der Waals surface area contributed by atoms with Crippen LogP contribution in [0.4, 0.5) is 16.5 Å². The van der Waals surface area contributed by atoms with Gasteiger partial charge in [-0.15, -0.1) is 10.2 Å². The number of hydrogen-bond acceptors (Lipinski definition) is 8. The Morgan fingerprint density at radius 3 is 2.69 bits per heavy atom. The van der Waals surface area contributed by atoms with Crippen LogP contribution in [0.5, 0.6) is 5.75 Å². The van der Waals surface area contributed by atoms with E-state index in [1.54, 1.807) is 12.1 Å². The third-order valence-electron chi connectivity index (χ3n) is 3.34. The second-order valence-corrected chi connectivity index (χ2v) is 7.34. The standard InChI is InChI=1S/C17H16N4O3S2/c1-2-24-15-6-4-3-5-14(15)18-16-19-20-17(26-16)25-11-12-7-9-13(10-8-12)21(22)23/h3-10H,2,11H2,1H3,(H,18,19). The fraction of sp³-hybridized carbons (Fsp3) is 0.176. The molecule has 0 aliphatic carbocycles. The van der Waals surface area contributed by atoms with Gasteiger partial charge in [-0.3, -0.25) is 10.1 Å². The van der Waals surface area contributed by atoms with Gasteiger partial charge in [-0.1, -0.05) is 47.4 Å². The summed E-state index contributed by atoms with van der Waals surface area (Å²) >= 11 is 2.99. The smallest absolute Gasteiger partial charge is 0.269 e. The van der Waals surface area contributed by atoms with Crippen molar-refractivity contribution >= 4 is 39.6 Å². The zero-order valence-corrected chi connectivity index (χ0v) is 15.5. The molecule has 0 fully saturated rings. The summed E-state index contributed by atoms with van der Waals surface area (Å²) in [5.74, 6) is 1.44. The monoisotopic (exact) mass is 388 g/mol. The zero-order chi connectivity index (χ0) is 18.4. The lowest BCUT2D eigenvalue weighted by Crippen LogP contribution is -1.97. The molecule has 1 aromatic heterocycles. The second-order valence-electron chi connectivity index (χ2n) is 5.14. The number of aromatic nitrogens is 2. The van der Waals surface area contributed by atoms with Crippen molar-refractivity contribution in [3.63, 3.8) is 0 Å². The normalized spacial score (nSPS) is 10.5. The number of nitro benzene ring substituents is 1. The van der Waals surface area contributed by atoms with Gasteiger partial charge in [0.1, 0.15) is 5.75 Å². The number of benzene rings is 2. The first-order valence-electron chi connectivity index (χ1n) is 7.84. The summed E-state index contributed by atoms with van der Waals surface area (Å²) in [4.78, 5) is 10.3. The first-order valence-corrected chi connectivity index (χ1v) is 9.64. The maximum absolute atomic E-state index is 10.7. The van der Waals surface area contributed by atoms with E-state index in [2.05, 4.69) is 15.5 Å². The number of para-hydroxylation sites is 2. The van der Waals surface area contributed by atoms with Crippen LogP contribution in [0.15, 0.2) is 52.9 Å². The molecule has 1 N–H and O–H groups in total. The zero-order valence-electron chi connectivity index (χ0n) is 13.9. The van der Waals surface area contributed by atoms with Gasteiger partial charge < -0.3 is 10.1 Å². The van der Waals surface area contributed by atoms with E-state index in [0.29, 0.717) is 17.5 Å². The van der Waals surface area contributed by atoms with E-state index in [1.807, 2.05) is 31.2 Å². The van der Waals surface area contributed by atoms with Gasteiger partial charge in [0.05, 0.1) is 17.2 Å². The van der Waals surface area contributed by atoms with Crippen molar-refractivity contribution in [2.24, 2.45) is 0 Å². The Hall–Kier alpha value is -2.65. The Morgan fingerprint density at radius 2 is 1.96 bits per heavy atom. The number of non-ortho nitro benzene ring substituents is 1. The van der Waals surface area contributed by atoms with Crippen molar-refractivity contribution in [1.82, 2.24) is 10.2 Å². The number of rotatable bonds is 8. The highest BCUT2D eigenvalue weighted by Gasteiger charge is 2.09. The van der Waals surface area contributed by atoms with E-state index >= 15 is 0 Å². The summed E-state index contributed by atoms with van der Waals surface area (Å²) in [6, 6.07) is 14.2. The van der Waals surface area contributed by atoms with E-state index in [0.717, 1.165) is 21.3 Å². The molecule has 0 aliphatic heterocycles. The van der Waals surface area contributed by atoms with Gasteiger partial charge in [0, 0.05) is 17.9 Å². The van der Waals surface area contributed by atoms with Crippen molar-refractivity contribution in [3.8, 4) is 5.75 Å². The van der Waals surface area contributed by atoms with E-state index in [9.17, 15) is 10.1 Å². The van der Waals surface area contributed by atoms with E-state index in [-0.39, 0.29) is 5.69 Å². The molecule has 0 atom stereocenters. The summed E-state index contributed by atoms with van der Waals surface area (Å²) in [6.07, 6.45) is 0. The lowest BCUT2D eigenvalue weighted by Gasteiger charge is -2.09. The average molecular weight is 388 g/mol. The van der Waals surface area contributed by atoms with Crippen LogP contribution < -0.4 is 10.1 Å². The second kappa shape index (κ2) is 8.63. The SMILES string of the molecule is CCOc1ccccc1Nc1nnc(SCc2ccc([N+](=O)[O-])cc2)s1. The molecule has 0 radical (unpaired) electrons. The molecule has 26 heavy (non-hydrogen) atoms. The van der Waals surface area contributed by atoms with Gasteiger partial charge in [-0.05, 0) is 24.6 Å². The van der Waals surface area contributed by atoms with Crippen LogP contribution in [0, 0.1) is 10.1 Å². The van der Waals surface area contributed by atoms with Crippen LogP contribution in [0.25, 0.3) is 0 Å². The molecular weight excluding hydrogens is 372 g/mol. The van der Waals surface area contributed by atoms with E-state index in [4.69, 9.17) is 4.74 Å². The fourth-order valence-electron chi connectivity index (χ4n) is 2.14. The molecule has 0 bridgehead atoms. The topological polar surface area (TPSA) is 90.2 Å². The van der Waals surface area contributed by atoms with Gasteiger partial charge in [-0.25, -0.2) is 0 Å². The number of ether oxygens (including phenoxy) is 1. The first kappa shape index (κ1) is 18.2.